The molecule has 0 unspecified atom stereocenters. The molecule has 1 fully saturated rings. The molecule has 1 amide bonds. The van der Waals surface area contributed by atoms with Crippen LogP contribution in [0.4, 0.5) is 0 Å². The summed E-state index contributed by atoms with van der Waals surface area (Å²) in [4.78, 5) is 14.7. The van der Waals surface area contributed by atoms with Crippen LogP contribution in [0.25, 0.3) is 0 Å². The number of carbonyl (C=O) groups excluding carboxylic acids is 1. The normalized spacial score (nSPS) is 16.3. The topological polar surface area (TPSA) is 75.7 Å². The molecule has 25 heavy (non-hydrogen) atoms. The quantitative estimate of drug-likeness (QED) is 0.835. The molecule has 1 aromatic carbocycles. The molecule has 1 N–H and O–H groups in total. The molecule has 1 aromatic rings. The van der Waals surface area contributed by atoms with Gasteiger partial charge < -0.3 is 9.64 Å². The SMILES string of the molecule is COc1cc(C)c(S(=O)(=O)N[C@@H](C(=O)N2CCCC2)C(C)C)c(C)c1. The van der Waals surface area contributed by atoms with Crippen molar-refractivity contribution in [1.29, 1.82) is 0 Å². The number of methoxy groups -OCH3 is 1. The summed E-state index contributed by atoms with van der Waals surface area (Å²) in [6.07, 6.45) is 1.94. The first kappa shape index (κ1) is 19.7. The Morgan fingerprint density at radius 1 is 1.16 bits per heavy atom. The van der Waals surface area contributed by atoms with Crippen molar-refractivity contribution in [3.63, 3.8) is 0 Å². The maximum absolute atomic E-state index is 13.0. The number of amides is 1. The van der Waals surface area contributed by atoms with Crippen LogP contribution in [0.2, 0.25) is 0 Å². The Labute approximate surface area is 150 Å². The van der Waals surface area contributed by atoms with Gasteiger partial charge in [-0.1, -0.05) is 13.8 Å². The number of hydrogen-bond donors (Lipinski definition) is 1. The van der Waals surface area contributed by atoms with E-state index < -0.39 is 16.1 Å². The molecule has 1 aliphatic rings. The molecule has 0 bridgehead atoms. The molecule has 1 heterocycles. The van der Waals surface area contributed by atoms with Gasteiger partial charge in [0.05, 0.1) is 12.0 Å². The van der Waals surface area contributed by atoms with Crippen molar-refractivity contribution in [2.45, 2.75) is 51.5 Å². The third-order valence-corrected chi connectivity index (χ3v) is 6.32. The van der Waals surface area contributed by atoms with Crippen LogP contribution >= 0.6 is 0 Å². The molecule has 6 nitrogen and oxygen atoms in total. The largest absolute Gasteiger partial charge is 0.497 e. The number of hydrogen-bond acceptors (Lipinski definition) is 4. The molecule has 1 atom stereocenters. The van der Waals surface area contributed by atoms with Gasteiger partial charge in [-0.15, -0.1) is 0 Å². The van der Waals surface area contributed by atoms with E-state index in [0.717, 1.165) is 12.8 Å². The lowest BCUT2D eigenvalue weighted by Crippen LogP contribution is -2.50. The lowest BCUT2D eigenvalue weighted by atomic mass is 10.0. The predicted molar refractivity (Wildman–Crippen MR) is 97.2 cm³/mol. The average molecular weight is 368 g/mol. The second kappa shape index (κ2) is 7.74. The van der Waals surface area contributed by atoms with E-state index in [1.165, 1.54) is 0 Å². The first-order valence-electron chi connectivity index (χ1n) is 8.63. The maximum Gasteiger partial charge on any atom is 0.241 e. The van der Waals surface area contributed by atoms with Crippen LogP contribution in [0.3, 0.4) is 0 Å². The zero-order chi connectivity index (χ0) is 18.8. The highest BCUT2D eigenvalue weighted by molar-refractivity contribution is 7.89. The first-order chi connectivity index (χ1) is 11.7. The Balaban J connectivity index is 2.33. The van der Waals surface area contributed by atoms with Crippen LogP contribution in [0.15, 0.2) is 17.0 Å². The van der Waals surface area contributed by atoms with E-state index >= 15 is 0 Å². The van der Waals surface area contributed by atoms with Gasteiger partial charge in [0.25, 0.3) is 0 Å². The maximum atomic E-state index is 13.0. The minimum atomic E-state index is -3.82. The van der Waals surface area contributed by atoms with Crippen molar-refractivity contribution in [2.24, 2.45) is 5.92 Å². The number of likely N-dealkylation sites (tertiary alicyclic amines) is 1. The minimum Gasteiger partial charge on any atom is -0.497 e. The van der Waals surface area contributed by atoms with E-state index in [0.29, 0.717) is 30.0 Å². The summed E-state index contributed by atoms with van der Waals surface area (Å²) in [5.74, 6) is 0.337. The number of ether oxygens (including phenoxy) is 1. The van der Waals surface area contributed by atoms with E-state index in [9.17, 15) is 13.2 Å². The highest BCUT2D eigenvalue weighted by Gasteiger charge is 2.33. The zero-order valence-corrected chi connectivity index (χ0v) is 16.4. The van der Waals surface area contributed by atoms with Gasteiger partial charge in [0.1, 0.15) is 11.8 Å². The summed E-state index contributed by atoms with van der Waals surface area (Å²) >= 11 is 0. The summed E-state index contributed by atoms with van der Waals surface area (Å²) in [5, 5.41) is 0. The Bertz CT molecular complexity index is 714. The first-order valence-corrected chi connectivity index (χ1v) is 10.1. The standard InChI is InChI=1S/C18H28N2O4S/c1-12(2)16(18(21)20-8-6-7-9-20)19-25(22,23)17-13(3)10-15(24-5)11-14(17)4/h10-12,16,19H,6-9H2,1-5H3/t16-/m1/s1. The number of aryl methyl sites for hydroxylation is 2. The summed E-state index contributed by atoms with van der Waals surface area (Å²) in [6.45, 7) is 8.58. The van der Waals surface area contributed by atoms with Crippen LogP contribution in [0, 0.1) is 19.8 Å². The molecular weight excluding hydrogens is 340 g/mol. The van der Waals surface area contributed by atoms with Crippen molar-refractivity contribution in [1.82, 2.24) is 9.62 Å². The molecule has 1 aliphatic heterocycles. The third kappa shape index (κ3) is 4.33. The van der Waals surface area contributed by atoms with Crippen LogP contribution in [0.5, 0.6) is 5.75 Å². The second-order valence-corrected chi connectivity index (χ2v) is 8.62. The molecule has 0 spiro atoms. The van der Waals surface area contributed by atoms with Gasteiger partial charge in [0.15, 0.2) is 0 Å². The lowest BCUT2D eigenvalue weighted by Gasteiger charge is -2.27. The van der Waals surface area contributed by atoms with Crippen molar-refractivity contribution >= 4 is 15.9 Å². The molecular formula is C18H28N2O4S. The van der Waals surface area contributed by atoms with Crippen molar-refractivity contribution < 1.29 is 17.9 Å². The van der Waals surface area contributed by atoms with Crippen molar-refractivity contribution in [3.8, 4) is 5.75 Å². The van der Waals surface area contributed by atoms with Gasteiger partial charge in [0, 0.05) is 13.1 Å². The van der Waals surface area contributed by atoms with Crippen LogP contribution in [0.1, 0.15) is 37.8 Å². The third-order valence-electron chi connectivity index (χ3n) is 4.57. The fourth-order valence-corrected chi connectivity index (χ4v) is 5.07. The van der Waals surface area contributed by atoms with Crippen LogP contribution < -0.4 is 9.46 Å². The van der Waals surface area contributed by atoms with E-state index in [-0.39, 0.29) is 16.7 Å². The molecule has 2 rings (SSSR count). The van der Waals surface area contributed by atoms with Crippen molar-refractivity contribution in [2.75, 3.05) is 20.2 Å². The Morgan fingerprint density at radius 2 is 1.68 bits per heavy atom. The highest BCUT2D eigenvalue weighted by Crippen LogP contribution is 2.26. The van der Waals surface area contributed by atoms with E-state index in [2.05, 4.69) is 4.72 Å². The smallest absolute Gasteiger partial charge is 0.241 e. The molecule has 0 aliphatic carbocycles. The Morgan fingerprint density at radius 3 is 2.12 bits per heavy atom. The van der Waals surface area contributed by atoms with Crippen LogP contribution in [-0.4, -0.2) is 45.5 Å². The number of sulfonamides is 1. The second-order valence-electron chi connectivity index (χ2n) is 6.97. The molecule has 140 valence electrons. The molecule has 0 radical (unpaired) electrons. The minimum absolute atomic E-state index is 0.137. The summed E-state index contributed by atoms with van der Waals surface area (Å²) in [5.41, 5.74) is 1.20. The van der Waals surface area contributed by atoms with E-state index in [4.69, 9.17) is 4.74 Å². The average Bonchev–Trinajstić information content (AvgIpc) is 3.05. The Kier molecular flexibility index (Phi) is 6.11. The summed E-state index contributed by atoms with van der Waals surface area (Å²) < 4.78 is 33.8. The van der Waals surface area contributed by atoms with Crippen molar-refractivity contribution in [3.05, 3.63) is 23.3 Å². The van der Waals surface area contributed by atoms with Gasteiger partial charge >= 0.3 is 0 Å². The fourth-order valence-electron chi connectivity index (χ4n) is 3.28. The highest BCUT2D eigenvalue weighted by atomic mass is 32.2. The monoisotopic (exact) mass is 368 g/mol. The lowest BCUT2D eigenvalue weighted by molar-refractivity contribution is -0.132. The zero-order valence-electron chi connectivity index (χ0n) is 15.6. The Hall–Kier alpha value is -1.60. The summed E-state index contributed by atoms with van der Waals surface area (Å²) in [6, 6.07) is 2.62. The van der Waals surface area contributed by atoms with E-state index in [1.54, 1.807) is 38.0 Å². The number of rotatable bonds is 6. The molecule has 7 heteroatoms. The van der Waals surface area contributed by atoms with Gasteiger partial charge in [-0.2, -0.15) is 4.72 Å². The van der Waals surface area contributed by atoms with E-state index in [1.807, 2.05) is 13.8 Å². The molecule has 0 saturated carbocycles. The fraction of sp³-hybridized carbons (Fsp3) is 0.611. The van der Waals surface area contributed by atoms with Gasteiger partial charge in [-0.3, -0.25) is 4.79 Å². The molecule has 1 saturated heterocycles. The predicted octanol–water partition coefficient (Wildman–Crippen LogP) is 2.24. The number of nitrogens with one attached hydrogen (secondary N) is 1. The van der Waals surface area contributed by atoms with Crippen LogP contribution in [-0.2, 0) is 14.8 Å². The molecule has 0 aromatic heterocycles. The van der Waals surface area contributed by atoms with Gasteiger partial charge in [-0.25, -0.2) is 8.42 Å². The number of benzene rings is 1. The number of carbonyl (C=O) groups is 1. The van der Waals surface area contributed by atoms with Gasteiger partial charge in [-0.05, 0) is 55.9 Å². The number of nitrogens with zero attached hydrogens (tertiary/aromatic N) is 1. The summed E-state index contributed by atoms with van der Waals surface area (Å²) in [7, 11) is -2.27. The van der Waals surface area contributed by atoms with Gasteiger partial charge in [0.2, 0.25) is 15.9 Å².